The molecule has 7 nitrogen and oxygen atoms in total. The smallest absolute Gasteiger partial charge is 0.262 e. The summed E-state index contributed by atoms with van der Waals surface area (Å²) in [4.78, 5) is 2.43. The summed E-state index contributed by atoms with van der Waals surface area (Å²) in [7, 11) is -2.26. The highest BCUT2D eigenvalue weighted by Crippen LogP contribution is 2.32. The summed E-state index contributed by atoms with van der Waals surface area (Å²) in [5.41, 5.74) is 3.15. The van der Waals surface area contributed by atoms with Gasteiger partial charge in [-0.25, -0.2) is 8.42 Å². The van der Waals surface area contributed by atoms with Crippen molar-refractivity contribution in [2.75, 3.05) is 29.8 Å². The molecule has 1 aliphatic heterocycles. The normalized spacial score (nSPS) is 19.3. The molecule has 0 unspecified atom stereocenters. The number of ether oxygens (including phenoxy) is 1. The SMILES string of the molecule is COc1ccc(N2C[C@@H](C)N[C@@H](C)C2)cc1NS(=O)(=O)c1ccc(-c2ccoc2)cc1. The zero-order valence-electron chi connectivity index (χ0n) is 17.8. The van der Waals surface area contributed by atoms with Gasteiger partial charge in [-0.15, -0.1) is 0 Å². The monoisotopic (exact) mass is 441 g/mol. The predicted octanol–water partition coefficient (Wildman–Crippen LogP) is 3.94. The van der Waals surface area contributed by atoms with Gasteiger partial charge in [0.05, 0.1) is 30.2 Å². The molecule has 2 N–H and O–H groups in total. The standard InChI is InChI=1S/C23H27N3O4S/c1-16-13-26(14-17(2)24-16)20-6-9-23(29-3)22(12-20)25-31(27,28)21-7-4-18(5-8-21)19-10-11-30-15-19/h4-12,15-17,24-25H,13-14H2,1-3H3/t16-,17+. The van der Waals surface area contributed by atoms with Gasteiger partial charge in [0.2, 0.25) is 0 Å². The van der Waals surface area contributed by atoms with Crippen LogP contribution in [0.15, 0.2) is 70.4 Å². The van der Waals surface area contributed by atoms with Crippen LogP contribution in [-0.4, -0.2) is 40.7 Å². The molecule has 164 valence electrons. The van der Waals surface area contributed by atoms with E-state index < -0.39 is 10.0 Å². The highest BCUT2D eigenvalue weighted by Gasteiger charge is 2.23. The molecular weight excluding hydrogens is 414 g/mol. The zero-order valence-corrected chi connectivity index (χ0v) is 18.6. The van der Waals surface area contributed by atoms with E-state index in [0.29, 0.717) is 23.5 Å². The Morgan fingerprint density at radius 2 is 1.74 bits per heavy atom. The van der Waals surface area contributed by atoms with E-state index >= 15 is 0 Å². The average Bonchev–Trinajstić information content (AvgIpc) is 3.28. The molecule has 31 heavy (non-hydrogen) atoms. The fourth-order valence-electron chi connectivity index (χ4n) is 3.97. The Bertz CT molecular complexity index is 1120. The van der Waals surface area contributed by atoms with E-state index in [4.69, 9.17) is 9.15 Å². The van der Waals surface area contributed by atoms with E-state index in [9.17, 15) is 8.42 Å². The summed E-state index contributed by atoms with van der Waals surface area (Å²) >= 11 is 0. The van der Waals surface area contributed by atoms with Gasteiger partial charge in [-0.3, -0.25) is 4.72 Å². The summed E-state index contributed by atoms with van der Waals surface area (Å²) in [6.45, 7) is 5.97. The molecule has 0 saturated carbocycles. The van der Waals surface area contributed by atoms with Gasteiger partial charge in [0.1, 0.15) is 5.75 Å². The molecule has 2 atom stereocenters. The fraction of sp³-hybridized carbons (Fsp3) is 0.304. The topological polar surface area (TPSA) is 83.8 Å². The van der Waals surface area contributed by atoms with Gasteiger partial charge in [0.15, 0.2) is 0 Å². The minimum atomic E-state index is -3.78. The summed E-state index contributed by atoms with van der Waals surface area (Å²) < 4.78 is 39.3. The first-order valence-corrected chi connectivity index (χ1v) is 11.7. The number of rotatable bonds is 6. The highest BCUT2D eigenvalue weighted by atomic mass is 32.2. The largest absolute Gasteiger partial charge is 0.495 e. The second kappa shape index (κ2) is 8.64. The van der Waals surface area contributed by atoms with Crippen LogP contribution in [0.2, 0.25) is 0 Å². The number of furan rings is 1. The van der Waals surface area contributed by atoms with Crippen molar-refractivity contribution in [1.82, 2.24) is 5.32 Å². The molecule has 1 saturated heterocycles. The summed E-state index contributed by atoms with van der Waals surface area (Å²) in [6.07, 6.45) is 3.21. The number of nitrogens with zero attached hydrogens (tertiary/aromatic N) is 1. The van der Waals surface area contributed by atoms with Crippen molar-refractivity contribution in [3.05, 3.63) is 61.1 Å². The van der Waals surface area contributed by atoms with Gasteiger partial charge in [-0.1, -0.05) is 12.1 Å². The number of benzene rings is 2. The lowest BCUT2D eigenvalue weighted by molar-refractivity contribution is 0.406. The van der Waals surface area contributed by atoms with Crippen LogP contribution in [0.1, 0.15) is 13.8 Å². The van der Waals surface area contributed by atoms with E-state index in [1.54, 1.807) is 42.9 Å². The first-order valence-electron chi connectivity index (χ1n) is 10.2. The molecule has 2 heterocycles. The number of sulfonamides is 1. The average molecular weight is 442 g/mol. The minimum Gasteiger partial charge on any atom is -0.495 e. The van der Waals surface area contributed by atoms with Crippen molar-refractivity contribution in [2.24, 2.45) is 0 Å². The van der Waals surface area contributed by atoms with Crippen molar-refractivity contribution >= 4 is 21.4 Å². The molecule has 0 bridgehead atoms. The van der Waals surface area contributed by atoms with Crippen LogP contribution >= 0.6 is 0 Å². The van der Waals surface area contributed by atoms with E-state index in [1.165, 1.54) is 7.11 Å². The molecule has 4 rings (SSSR count). The maximum absolute atomic E-state index is 13.1. The molecule has 0 aliphatic carbocycles. The van der Waals surface area contributed by atoms with Gasteiger partial charge in [0, 0.05) is 36.4 Å². The van der Waals surface area contributed by atoms with Crippen LogP contribution in [0, 0.1) is 0 Å². The molecule has 8 heteroatoms. The molecule has 0 amide bonds. The van der Waals surface area contributed by atoms with E-state index in [1.807, 2.05) is 18.2 Å². The van der Waals surface area contributed by atoms with Crippen molar-refractivity contribution in [1.29, 1.82) is 0 Å². The molecule has 0 spiro atoms. The maximum atomic E-state index is 13.1. The Hall–Kier alpha value is -2.97. The Morgan fingerprint density at radius 3 is 2.35 bits per heavy atom. The second-order valence-electron chi connectivity index (χ2n) is 7.90. The molecule has 2 aromatic carbocycles. The van der Waals surface area contributed by atoms with Crippen molar-refractivity contribution in [2.45, 2.75) is 30.8 Å². The Kier molecular flexibility index (Phi) is 5.93. The number of piperazine rings is 1. The van der Waals surface area contributed by atoms with Crippen LogP contribution < -0.4 is 19.7 Å². The van der Waals surface area contributed by atoms with Gasteiger partial charge in [-0.2, -0.15) is 0 Å². The van der Waals surface area contributed by atoms with Gasteiger partial charge in [-0.05, 0) is 55.8 Å². The third-order valence-electron chi connectivity index (χ3n) is 5.37. The van der Waals surface area contributed by atoms with Crippen LogP contribution in [0.3, 0.4) is 0 Å². The van der Waals surface area contributed by atoms with E-state index in [0.717, 1.165) is 29.9 Å². The molecule has 1 aliphatic rings. The first-order chi connectivity index (χ1) is 14.9. The lowest BCUT2D eigenvalue weighted by Gasteiger charge is -2.38. The van der Waals surface area contributed by atoms with Crippen molar-refractivity contribution in [3.63, 3.8) is 0 Å². The Labute approximate surface area is 183 Å². The van der Waals surface area contributed by atoms with Gasteiger partial charge in [0.25, 0.3) is 10.0 Å². The van der Waals surface area contributed by atoms with Crippen molar-refractivity contribution < 1.29 is 17.6 Å². The van der Waals surface area contributed by atoms with Crippen LogP contribution in [-0.2, 0) is 10.0 Å². The van der Waals surface area contributed by atoms with Crippen LogP contribution in [0.4, 0.5) is 11.4 Å². The number of methoxy groups -OCH3 is 1. The zero-order chi connectivity index (χ0) is 22.0. The third kappa shape index (κ3) is 4.70. The minimum absolute atomic E-state index is 0.177. The Morgan fingerprint density at radius 1 is 1.03 bits per heavy atom. The molecular formula is C23H27N3O4S. The summed E-state index contributed by atoms with van der Waals surface area (Å²) in [6, 6.07) is 14.8. The maximum Gasteiger partial charge on any atom is 0.262 e. The van der Waals surface area contributed by atoms with Crippen molar-refractivity contribution in [3.8, 4) is 16.9 Å². The van der Waals surface area contributed by atoms with Gasteiger partial charge < -0.3 is 19.4 Å². The molecule has 1 aromatic heterocycles. The second-order valence-corrected chi connectivity index (χ2v) is 9.58. The van der Waals surface area contributed by atoms with Crippen LogP contribution in [0.5, 0.6) is 5.75 Å². The fourth-order valence-corrected chi connectivity index (χ4v) is 5.03. The van der Waals surface area contributed by atoms with E-state index in [-0.39, 0.29) is 4.90 Å². The lowest BCUT2D eigenvalue weighted by Crippen LogP contribution is -2.54. The summed E-state index contributed by atoms with van der Waals surface area (Å²) in [5, 5.41) is 3.51. The number of hydrogen-bond acceptors (Lipinski definition) is 6. The number of hydrogen-bond donors (Lipinski definition) is 2. The third-order valence-corrected chi connectivity index (χ3v) is 6.75. The number of anilines is 2. The van der Waals surface area contributed by atoms with Gasteiger partial charge >= 0.3 is 0 Å². The molecule has 1 fully saturated rings. The highest BCUT2D eigenvalue weighted by molar-refractivity contribution is 7.92. The summed E-state index contributed by atoms with van der Waals surface area (Å²) in [5.74, 6) is 0.471. The molecule has 0 radical (unpaired) electrons. The lowest BCUT2D eigenvalue weighted by atomic mass is 10.1. The predicted molar refractivity (Wildman–Crippen MR) is 122 cm³/mol. The van der Waals surface area contributed by atoms with Crippen LogP contribution in [0.25, 0.3) is 11.1 Å². The quantitative estimate of drug-likeness (QED) is 0.603. The first kappa shape index (κ1) is 21.3. The molecule has 3 aromatic rings. The Balaban J connectivity index is 1.59. The van der Waals surface area contributed by atoms with E-state index in [2.05, 4.69) is 28.8 Å². The number of nitrogens with one attached hydrogen (secondary N) is 2.